The number of benzene rings is 1. The molecule has 1 aliphatic rings. The van der Waals surface area contributed by atoms with Crippen LogP contribution in [0.5, 0.6) is 5.75 Å². The van der Waals surface area contributed by atoms with Crippen LogP contribution in [-0.2, 0) is 4.79 Å². The monoisotopic (exact) mass is 290 g/mol. The van der Waals surface area contributed by atoms with Crippen LogP contribution in [0.2, 0.25) is 0 Å². The Kier molecular flexibility index (Phi) is 5.62. The lowest BCUT2D eigenvalue weighted by Gasteiger charge is -2.27. The molecule has 116 valence electrons. The number of hydrogen-bond donors (Lipinski definition) is 2. The van der Waals surface area contributed by atoms with Crippen molar-refractivity contribution >= 4 is 11.6 Å². The Balaban J connectivity index is 1.92. The van der Waals surface area contributed by atoms with E-state index in [4.69, 9.17) is 4.74 Å². The molecule has 4 nitrogen and oxygen atoms in total. The molecule has 1 heterocycles. The third-order valence-electron chi connectivity index (χ3n) is 3.68. The second-order valence-corrected chi connectivity index (χ2v) is 6.30. The van der Waals surface area contributed by atoms with E-state index >= 15 is 0 Å². The molecule has 0 aliphatic carbocycles. The van der Waals surface area contributed by atoms with E-state index in [1.807, 2.05) is 24.3 Å². The van der Waals surface area contributed by atoms with Crippen LogP contribution in [0.4, 0.5) is 5.69 Å². The van der Waals surface area contributed by atoms with Crippen molar-refractivity contribution in [3.8, 4) is 5.75 Å². The molecule has 0 radical (unpaired) electrons. The van der Waals surface area contributed by atoms with E-state index in [1.165, 1.54) is 0 Å². The summed E-state index contributed by atoms with van der Waals surface area (Å²) in [6, 6.07) is 8.05. The van der Waals surface area contributed by atoms with E-state index in [9.17, 15) is 4.79 Å². The Morgan fingerprint density at radius 1 is 1.48 bits per heavy atom. The predicted molar refractivity (Wildman–Crippen MR) is 85.6 cm³/mol. The van der Waals surface area contributed by atoms with Gasteiger partial charge in [0.25, 0.3) is 0 Å². The molecule has 0 aromatic heterocycles. The molecule has 2 atom stereocenters. The minimum absolute atomic E-state index is 0.0986. The zero-order chi connectivity index (χ0) is 15.2. The van der Waals surface area contributed by atoms with E-state index in [0.717, 1.165) is 30.8 Å². The summed E-state index contributed by atoms with van der Waals surface area (Å²) in [4.78, 5) is 12.3. The van der Waals surface area contributed by atoms with Crippen molar-refractivity contribution in [1.82, 2.24) is 5.32 Å². The van der Waals surface area contributed by atoms with Crippen LogP contribution < -0.4 is 15.4 Å². The third-order valence-corrected chi connectivity index (χ3v) is 3.68. The molecule has 1 aliphatic heterocycles. The van der Waals surface area contributed by atoms with Crippen LogP contribution in [-0.4, -0.2) is 25.1 Å². The Labute approximate surface area is 127 Å². The van der Waals surface area contributed by atoms with Gasteiger partial charge in [-0.05, 0) is 44.4 Å². The van der Waals surface area contributed by atoms with Crippen molar-refractivity contribution in [3.05, 3.63) is 24.3 Å². The third kappa shape index (κ3) is 5.05. The van der Waals surface area contributed by atoms with Crippen LogP contribution in [0.3, 0.4) is 0 Å². The van der Waals surface area contributed by atoms with E-state index in [1.54, 1.807) is 0 Å². The van der Waals surface area contributed by atoms with Crippen molar-refractivity contribution in [3.63, 3.8) is 0 Å². The average Bonchev–Trinajstić information content (AvgIpc) is 2.45. The van der Waals surface area contributed by atoms with Crippen LogP contribution in [0.1, 0.15) is 33.6 Å². The van der Waals surface area contributed by atoms with Crippen LogP contribution >= 0.6 is 0 Å². The smallest absolute Gasteiger partial charge is 0.227 e. The summed E-state index contributed by atoms with van der Waals surface area (Å²) in [5, 5.41) is 6.38. The number of hydrogen-bond acceptors (Lipinski definition) is 3. The second-order valence-electron chi connectivity index (χ2n) is 6.30. The molecule has 0 unspecified atom stereocenters. The largest absolute Gasteiger partial charge is 0.493 e. The average molecular weight is 290 g/mol. The quantitative estimate of drug-likeness (QED) is 0.876. The van der Waals surface area contributed by atoms with Crippen LogP contribution in [0.25, 0.3) is 0 Å². The van der Waals surface area contributed by atoms with Gasteiger partial charge in [0.05, 0.1) is 6.61 Å². The van der Waals surface area contributed by atoms with E-state index in [-0.39, 0.29) is 11.8 Å². The Morgan fingerprint density at radius 2 is 2.29 bits per heavy atom. The van der Waals surface area contributed by atoms with Gasteiger partial charge in [-0.3, -0.25) is 4.79 Å². The van der Waals surface area contributed by atoms with Crippen molar-refractivity contribution in [1.29, 1.82) is 0 Å². The first-order valence-corrected chi connectivity index (χ1v) is 7.81. The highest BCUT2D eigenvalue weighted by Crippen LogP contribution is 2.21. The Hall–Kier alpha value is -1.55. The molecule has 1 aromatic rings. The fourth-order valence-electron chi connectivity index (χ4n) is 2.54. The topological polar surface area (TPSA) is 50.4 Å². The molecular weight excluding hydrogens is 264 g/mol. The number of carbonyl (C=O) groups excluding carboxylic acids is 1. The van der Waals surface area contributed by atoms with Gasteiger partial charge in [0.15, 0.2) is 0 Å². The lowest BCUT2D eigenvalue weighted by molar-refractivity contribution is -0.120. The summed E-state index contributed by atoms with van der Waals surface area (Å²) in [6.45, 7) is 7.95. The zero-order valence-electron chi connectivity index (χ0n) is 13.2. The fourth-order valence-corrected chi connectivity index (χ4v) is 2.54. The van der Waals surface area contributed by atoms with Gasteiger partial charge in [0.1, 0.15) is 5.75 Å². The van der Waals surface area contributed by atoms with Gasteiger partial charge >= 0.3 is 0 Å². The summed E-state index contributed by atoms with van der Waals surface area (Å²) in [6.07, 6.45) is 1.80. The molecule has 2 rings (SSSR count). The van der Waals surface area contributed by atoms with Crippen molar-refractivity contribution in [2.24, 2.45) is 11.8 Å². The maximum absolute atomic E-state index is 12.3. The minimum atomic E-state index is 0.0986. The van der Waals surface area contributed by atoms with Gasteiger partial charge in [0.2, 0.25) is 5.91 Å². The highest BCUT2D eigenvalue weighted by atomic mass is 16.5. The molecular formula is C17H26N2O2. The number of nitrogens with one attached hydrogen (secondary N) is 2. The summed E-state index contributed by atoms with van der Waals surface area (Å²) in [5.41, 5.74) is 0.812. The SMILES string of the molecule is CC(C)COc1cccc(NC(=O)[C@H]2CCN[C@@H](C)C2)c1. The zero-order valence-corrected chi connectivity index (χ0v) is 13.2. The standard InChI is InChI=1S/C17H26N2O2/c1-12(2)11-21-16-6-4-5-15(10-16)19-17(20)14-7-8-18-13(3)9-14/h4-6,10,12-14,18H,7-9,11H2,1-3H3,(H,19,20)/t13-,14-/m0/s1. The lowest BCUT2D eigenvalue weighted by atomic mass is 9.92. The first-order chi connectivity index (χ1) is 10.0. The number of ether oxygens (including phenoxy) is 1. The fraction of sp³-hybridized carbons (Fsp3) is 0.588. The normalized spacial score (nSPS) is 22.1. The number of amides is 1. The van der Waals surface area contributed by atoms with Gasteiger partial charge < -0.3 is 15.4 Å². The number of piperidine rings is 1. The molecule has 1 amide bonds. The molecule has 2 N–H and O–H groups in total. The van der Waals surface area contributed by atoms with E-state index < -0.39 is 0 Å². The first kappa shape index (κ1) is 15.8. The summed E-state index contributed by atoms with van der Waals surface area (Å²) >= 11 is 0. The maximum atomic E-state index is 12.3. The summed E-state index contributed by atoms with van der Waals surface area (Å²) in [5.74, 6) is 1.51. The second kappa shape index (κ2) is 7.46. The van der Waals surface area contributed by atoms with E-state index in [2.05, 4.69) is 31.4 Å². The number of rotatable bonds is 5. The molecule has 21 heavy (non-hydrogen) atoms. The predicted octanol–water partition coefficient (Wildman–Crippen LogP) is 3.05. The molecule has 1 saturated heterocycles. The summed E-state index contributed by atoms with van der Waals surface area (Å²) < 4.78 is 5.69. The molecule has 1 aromatic carbocycles. The molecule has 0 spiro atoms. The molecule has 0 bridgehead atoms. The van der Waals surface area contributed by atoms with Gasteiger partial charge in [-0.15, -0.1) is 0 Å². The minimum Gasteiger partial charge on any atom is -0.493 e. The van der Waals surface area contributed by atoms with E-state index in [0.29, 0.717) is 18.6 Å². The van der Waals surface area contributed by atoms with Crippen LogP contribution in [0.15, 0.2) is 24.3 Å². The van der Waals surface area contributed by atoms with Gasteiger partial charge in [0, 0.05) is 23.7 Å². The van der Waals surface area contributed by atoms with Crippen LogP contribution in [0, 0.1) is 11.8 Å². The summed E-state index contributed by atoms with van der Waals surface area (Å²) in [7, 11) is 0. The lowest BCUT2D eigenvalue weighted by Crippen LogP contribution is -2.40. The van der Waals surface area contributed by atoms with Crippen molar-refractivity contribution < 1.29 is 9.53 Å². The number of carbonyl (C=O) groups is 1. The first-order valence-electron chi connectivity index (χ1n) is 7.81. The highest BCUT2D eigenvalue weighted by molar-refractivity contribution is 5.92. The van der Waals surface area contributed by atoms with Gasteiger partial charge in [-0.2, -0.15) is 0 Å². The van der Waals surface area contributed by atoms with Gasteiger partial charge in [-0.1, -0.05) is 19.9 Å². The van der Waals surface area contributed by atoms with Gasteiger partial charge in [-0.25, -0.2) is 0 Å². The maximum Gasteiger partial charge on any atom is 0.227 e. The Bertz CT molecular complexity index is 474. The number of anilines is 1. The Morgan fingerprint density at radius 3 is 3.00 bits per heavy atom. The van der Waals surface area contributed by atoms with Crippen molar-refractivity contribution in [2.45, 2.75) is 39.7 Å². The van der Waals surface area contributed by atoms with Crippen molar-refractivity contribution in [2.75, 3.05) is 18.5 Å². The highest BCUT2D eigenvalue weighted by Gasteiger charge is 2.24. The molecule has 1 fully saturated rings. The molecule has 4 heteroatoms. The molecule has 0 saturated carbocycles.